The molecule has 0 spiro atoms. The van der Waals surface area contributed by atoms with Crippen LogP contribution in [0.15, 0.2) is 0 Å². The van der Waals surface area contributed by atoms with E-state index in [2.05, 4.69) is 69.2 Å². The molecule has 0 aromatic carbocycles. The van der Waals surface area contributed by atoms with Gasteiger partial charge in [0.05, 0.1) is 33.0 Å². The molecule has 15 rings (SSSR count). The average Bonchev–Trinajstić information content (AvgIpc) is 1.59. The normalized spacial score (nSPS) is 38.5. The summed E-state index contributed by atoms with van der Waals surface area (Å²) in [5, 5.41) is 0. The molecule has 0 aromatic heterocycles. The lowest BCUT2D eigenvalue weighted by Crippen LogP contribution is -2.58. The van der Waals surface area contributed by atoms with E-state index in [0.717, 1.165) is 160 Å². The van der Waals surface area contributed by atoms with Crippen LogP contribution in [0.3, 0.4) is 0 Å². The summed E-state index contributed by atoms with van der Waals surface area (Å²) in [5.41, 5.74) is -2.63. The molecule has 0 saturated heterocycles. The second kappa shape index (κ2) is 33.0. The Labute approximate surface area is 654 Å². The molecule has 0 radical (unpaired) electrons. The van der Waals surface area contributed by atoms with Crippen LogP contribution in [0.1, 0.15) is 392 Å². The minimum Gasteiger partial charge on any atom is -0.460 e. The van der Waals surface area contributed by atoms with Crippen LogP contribution in [-0.4, -0.2) is 69.4 Å². The van der Waals surface area contributed by atoms with Crippen molar-refractivity contribution in [3.05, 3.63) is 0 Å². The van der Waals surface area contributed by atoms with Crippen molar-refractivity contribution in [1.29, 1.82) is 0 Å². The van der Waals surface area contributed by atoms with Crippen LogP contribution in [0.25, 0.3) is 0 Å². The Hall–Kier alpha value is -3.18. The quantitative estimate of drug-likeness (QED) is 0.0609. The van der Waals surface area contributed by atoms with Crippen molar-refractivity contribution in [2.45, 2.75) is 426 Å². The standard InChI is InChI=1S/C20H32O2.C19H32O2.C18H30O2.C15H26O2.C14H24O2.C9H18O2/c1-5-19(3,4)18(21)22-20(6-2)11-14-10-15(20)17-13-8-7-12(9-13)16(14)17;1-6-17(2,3)16(20)21-18(4,5)19-10-13-7-14(11-19)9-15(8-13)12-19;1-5-17(3,4)16(19)20-18(6-2)11-12-10-15(18)14-9-7-8-13(12)14;1-5-14(3,4)13(16)17-15(6-2)10-11-7-8-12(15)9-11;1-5-13(2,3)12(15)16-14(4)9-10-6-7-11(14)8-10;1-6-7(2)8(10)11-9(3,4)5/h12-17H,5-11H2,1-4H3;13-15H,6-12H2,1-5H3;12-15H,5-11H2,1-4H3;11-12H,5-10H2,1-4H3;10-11H,5-9H2,1-4H3;7H,6H2,1-5H3. The van der Waals surface area contributed by atoms with Crippen molar-refractivity contribution >= 4 is 35.8 Å². The Morgan fingerprint density at radius 1 is 0.364 bits per heavy atom. The van der Waals surface area contributed by atoms with Crippen molar-refractivity contribution in [3.63, 3.8) is 0 Å². The minimum absolute atomic E-state index is 0.00857. The highest BCUT2D eigenvalue weighted by Gasteiger charge is 2.69. The molecule has 107 heavy (non-hydrogen) atoms. The van der Waals surface area contributed by atoms with Crippen LogP contribution in [0.2, 0.25) is 0 Å². The van der Waals surface area contributed by atoms with E-state index in [1.807, 2.05) is 111 Å². The van der Waals surface area contributed by atoms with E-state index in [1.54, 1.807) is 0 Å². The van der Waals surface area contributed by atoms with E-state index in [9.17, 15) is 28.8 Å². The summed E-state index contributed by atoms with van der Waals surface area (Å²) >= 11 is 0. The highest BCUT2D eigenvalue weighted by Crippen LogP contribution is 2.72. The molecule has 0 aromatic rings. The summed E-state index contributed by atoms with van der Waals surface area (Å²) in [6.07, 6.45) is 39.8. The molecular weight excluding hydrogens is 1330 g/mol. The van der Waals surface area contributed by atoms with E-state index in [4.69, 9.17) is 28.4 Å². The van der Waals surface area contributed by atoms with Crippen molar-refractivity contribution in [1.82, 2.24) is 0 Å². The molecule has 614 valence electrons. The van der Waals surface area contributed by atoms with Gasteiger partial charge >= 0.3 is 35.8 Å². The summed E-state index contributed by atoms with van der Waals surface area (Å²) in [7, 11) is 0. The number of carbonyl (C=O) groups excluding carboxylic acids is 6. The molecule has 19 atom stereocenters. The molecule has 15 fully saturated rings. The highest BCUT2D eigenvalue weighted by molar-refractivity contribution is 5.78. The van der Waals surface area contributed by atoms with Gasteiger partial charge in [-0.25, -0.2) is 0 Å². The van der Waals surface area contributed by atoms with Crippen LogP contribution in [-0.2, 0) is 57.2 Å². The van der Waals surface area contributed by atoms with Gasteiger partial charge in [-0.05, 0) is 405 Å². The number of carbonyl (C=O) groups is 6. The lowest BCUT2D eigenvalue weighted by molar-refractivity contribution is -0.206. The molecule has 0 amide bonds. The van der Waals surface area contributed by atoms with Crippen molar-refractivity contribution in [2.24, 2.45) is 139 Å². The van der Waals surface area contributed by atoms with Gasteiger partial charge in [-0.3, -0.25) is 28.8 Å². The second-order valence-corrected chi connectivity index (χ2v) is 43.8. The molecule has 12 heteroatoms. The Kier molecular flexibility index (Phi) is 27.0. The van der Waals surface area contributed by atoms with Gasteiger partial charge in [-0.2, -0.15) is 0 Å². The van der Waals surface area contributed by atoms with Crippen LogP contribution in [0.4, 0.5) is 0 Å². The third-order valence-corrected chi connectivity index (χ3v) is 33.8. The molecule has 15 aliphatic carbocycles. The third kappa shape index (κ3) is 18.2. The lowest BCUT2D eigenvalue weighted by atomic mass is 9.46. The van der Waals surface area contributed by atoms with Gasteiger partial charge < -0.3 is 28.4 Å². The maximum absolute atomic E-state index is 12.7. The Bertz CT molecular complexity index is 3030. The summed E-state index contributed by atoms with van der Waals surface area (Å²) in [5.74, 6) is 14.2. The number of hydrogen-bond acceptors (Lipinski definition) is 12. The van der Waals surface area contributed by atoms with Gasteiger partial charge in [0.1, 0.15) is 33.6 Å². The van der Waals surface area contributed by atoms with E-state index in [0.29, 0.717) is 23.7 Å². The smallest absolute Gasteiger partial charge is 0.312 e. The maximum Gasteiger partial charge on any atom is 0.312 e. The van der Waals surface area contributed by atoms with E-state index >= 15 is 0 Å². The van der Waals surface area contributed by atoms with Crippen LogP contribution in [0, 0.1) is 139 Å². The zero-order valence-corrected chi connectivity index (χ0v) is 73.6. The Morgan fingerprint density at radius 3 is 1.20 bits per heavy atom. The molecular formula is C95H162O12. The summed E-state index contributed by atoms with van der Waals surface area (Å²) in [6.45, 7) is 53.0. The highest BCUT2D eigenvalue weighted by atomic mass is 16.6. The number of hydrogen-bond donors (Lipinski definition) is 0. The molecule has 19 unspecified atom stereocenters. The van der Waals surface area contributed by atoms with E-state index < -0.39 is 0 Å². The van der Waals surface area contributed by atoms with Gasteiger partial charge in [-0.15, -0.1) is 0 Å². The second-order valence-electron chi connectivity index (χ2n) is 43.8. The molecule has 12 nitrogen and oxygen atoms in total. The first-order chi connectivity index (χ1) is 49.7. The Morgan fingerprint density at radius 2 is 0.776 bits per heavy atom. The first-order valence-corrected chi connectivity index (χ1v) is 45.1. The van der Waals surface area contributed by atoms with E-state index in [-0.39, 0.29) is 108 Å². The fourth-order valence-electron chi connectivity index (χ4n) is 24.7. The SMILES string of the molecule is CCC(C)(C)C(=O)OC(C)(C)C12CC3CC(CC(C3)C1)C2.CCC(C)(C)C(=O)OC1(C)CC2CCC1C2.CCC(C)(C)C(=O)OC1(CC)CC2CC1C1C3CCC(C3)C21.CCC(C)(C)C(=O)OC1(CC)CC2CC1C1CCCC21.CCC(C)(C)C(=O)OC1(CC)CC2CCC1C2.CCC(C)C(=O)OC(C)(C)C. The molecule has 15 aliphatic rings. The van der Waals surface area contributed by atoms with Gasteiger partial charge in [0.2, 0.25) is 0 Å². The number of rotatable bonds is 21. The zero-order valence-electron chi connectivity index (χ0n) is 73.6. The van der Waals surface area contributed by atoms with Crippen molar-refractivity contribution in [3.8, 4) is 0 Å². The summed E-state index contributed by atoms with van der Waals surface area (Å²) in [4.78, 5) is 73.4. The average molecular weight is 1500 g/mol. The first-order valence-electron chi connectivity index (χ1n) is 45.1. The fourth-order valence-corrected chi connectivity index (χ4v) is 24.7. The predicted molar refractivity (Wildman–Crippen MR) is 430 cm³/mol. The number of esters is 6. The van der Waals surface area contributed by atoms with Crippen LogP contribution in [0.5, 0.6) is 0 Å². The molecule has 14 bridgehead atoms. The third-order valence-electron chi connectivity index (χ3n) is 33.8. The van der Waals surface area contributed by atoms with Crippen molar-refractivity contribution < 1.29 is 57.2 Å². The largest absolute Gasteiger partial charge is 0.460 e. The first kappa shape index (κ1) is 87.8. The Balaban J connectivity index is 0.000000150. The van der Waals surface area contributed by atoms with Gasteiger partial charge in [0.25, 0.3) is 0 Å². The topological polar surface area (TPSA) is 158 Å². The molecule has 0 heterocycles. The zero-order chi connectivity index (χ0) is 79.4. The predicted octanol–water partition coefficient (Wildman–Crippen LogP) is 24.2. The summed E-state index contributed by atoms with van der Waals surface area (Å²) < 4.78 is 35.7. The van der Waals surface area contributed by atoms with Crippen LogP contribution >= 0.6 is 0 Å². The fraction of sp³-hybridized carbons (Fsp3) is 0.937. The van der Waals surface area contributed by atoms with Gasteiger partial charge in [0, 0.05) is 17.3 Å². The van der Waals surface area contributed by atoms with Crippen molar-refractivity contribution in [2.75, 3.05) is 0 Å². The number of ether oxygens (including phenoxy) is 6. The number of fused-ring (bicyclic) bond motifs is 18. The van der Waals surface area contributed by atoms with Gasteiger partial charge in [0.15, 0.2) is 0 Å². The minimum atomic E-state index is -0.362. The van der Waals surface area contributed by atoms with Gasteiger partial charge in [-0.1, -0.05) is 75.7 Å². The molecule has 15 saturated carbocycles. The molecule has 0 aliphatic heterocycles. The summed E-state index contributed by atoms with van der Waals surface area (Å²) in [6, 6.07) is 0. The lowest BCUT2D eigenvalue weighted by Gasteiger charge is -2.61. The van der Waals surface area contributed by atoms with Crippen LogP contribution < -0.4 is 0 Å². The maximum atomic E-state index is 12.7. The van der Waals surface area contributed by atoms with E-state index in [1.165, 1.54) is 128 Å². The monoisotopic (exact) mass is 1500 g/mol. The molecule has 0 N–H and O–H groups in total.